The maximum absolute atomic E-state index is 15.4. The molecule has 356 valence electrons. The topological polar surface area (TPSA) is 26.0 Å². The third kappa shape index (κ3) is 8.43. The lowest BCUT2D eigenvalue weighted by molar-refractivity contribution is -0.689. The molecule has 0 aliphatic rings. The Balaban J connectivity index is 0.000000276. The van der Waals surface area contributed by atoms with Crippen LogP contribution in [0.15, 0.2) is 73.2 Å². The van der Waals surface area contributed by atoms with Gasteiger partial charge in [-0.05, 0) is 23.6 Å². The van der Waals surface area contributed by atoms with Gasteiger partial charge in [-0.1, -0.05) is 56.3 Å². The molecule has 0 saturated heterocycles. The molecule has 0 atom stereocenters. The highest BCUT2D eigenvalue weighted by atomic mass is 19.2. The number of hydrogen-bond donors (Lipinski definition) is 0. The van der Waals surface area contributed by atoms with Crippen LogP contribution in [-0.2, 0) is 6.54 Å². The molecule has 0 aliphatic heterocycles. The van der Waals surface area contributed by atoms with E-state index in [0.717, 1.165) is 12.3 Å². The van der Waals surface area contributed by atoms with Crippen molar-refractivity contribution in [1.29, 1.82) is 0 Å². The Morgan fingerprint density at radius 2 is 0.735 bits per heavy atom. The number of nitrogens with zero attached hydrogens (tertiary/aromatic N) is 2. The lowest BCUT2D eigenvalue weighted by Crippen LogP contribution is -2.81. The Kier molecular flexibility index (Phi) is 14.2. The number of aromatic nitrogens is 2. The quantitative estimate of drug-likeness (QED) is 0.0474. The molecular formula is C44H21BF20N2O. The van der Waals surface area contributed by atoms with Crippen LogP contribution in [0.4, 0.5) is 87.8 Å². The van der Waals surface area contributed by atoms with Gasteiger partial charge in [0, 0.05) is 5.56 Å². The van der Waals surface area contributed by atoms with Crippen LogP contribution < -0.4 is 31.2 Å². The van der Waals surface area contributed by atoms with E-state index in [9.17, 15) is 52.7 Å². The Labute approximate surface area is 368 Å². The van der Waals surface area contributed by atoms with E-state index >= 15 is 35.1 Å². The number of halogens is 20. The zero-order valence-electron chi connectivity index (χ0n) is 33.7. The van der Waals surface area contributed by atoms with Gasteiger partial charge in [-0.15, -0.1) is 21.9 Å². The third-order valence-corrected chi connectivity index (χ3v) is 10.4. The molecule has 0 unspecified atom stereocenters. The second-order valence-electron chi connectivity index (χ2n) is 14.7. The molecule has 7 aromatic rings. The maximum atomic E-state index is 15.4. The van der Waals surface area contributed by atoms with Crippen molar-refractivity contribution in [3.05, 3.63) is 201 Å². The summed E-state index contributed by atoms with van der Waals surface area (Å²) in [6.45, 7) is 5.16. The van der Waals surface area contributed by atoms with E-state index in [1.54, 1.807) is 6.20 Å². The first-order chi connectivity index (χ1) is 31.9. The summed E-state index contributed by atoms with van der Waals surface area (Å²) in [5.74, 6) is -69.5. The van der Waals surface area contributed by atoms with Crippen LogP contribution in [0.5, 0.6) is 11.6 Å². The van der Waals surface area contributed by atoms with Crippen molar-refractivity contribution in [3.63, 3.8) is 0 Å². The number of ether oxygens (including phenoxy) is 1. The van der Waals surface area contributed by atoms with Gasteiger partial charge in [0.1, 0.15) is 58.4 Å². The Bertz CT molecular complexity index is 2720. The van der Waals surface area contributed by atoms with E-state index in [1.165, 1.54) is 11.1 Å². The van der Waals surface area contributed by atoms with Gasteiger partial charge < -0.3 is 4.74 Å². The zero-order valence-corrected chi connectivity index (χ0v) is 33.7. The van der Waals surface area contributed by atoms with E-state index in [2.05, 4.69) is 47.7 Å². The van der Waals surface area contributed by atoms with E-state index in [4.69, 9.17) is 4.74 Å². The summed E-state index contributed by atoms with van der Waals surface area (Å²) in [7, 11) is 0. The molecule has 0 aliphatic carbocycles. The van der Waals surface area contributed by atoms with Crippen molar-refractivity contribution in [3.8, 4) is 11.6 Å². The first kappa shape index (κ1) is 50.3. The minimum atomic E-state index is -7.22. The molecule has 0 N–H and O–H groups in total. The summed E-state index contributed by atoms with van der Waals surface area (Å²) in [5.41, 5.74) is -11.8. The van der Waals surface area contributed by atoms with Gasteiger partial charge in [0.2, 0.25) is 6.20 Å². The number of hydrogen-bond acceptors (Lipinski definition) is 2. The lowest BCUT2D eigenvalue weighted by Gasteiger charge is -2.44. The standard InChI is InChI=1S/C24BF20.C20H21N2O/c26-5-1(6(27)14(35)21(42)13(5)34)25(2-7(28)15(36)22(43)16(37)8(2)29,3-9(30)17(38)23(44)18(39)10(3)31)4-11(32)19(40)24(45)20(41)12(4)33;1-16(2)18-8-10-19(11-9-18)23-20-15-22(13-12-21-20)14-17-6-4-3-5-7-17/h;3-13,15-16H,14H2,1-2H3/q-1;+1. The van der Waals surface area contributed by atoms with Crippen molar-refractivity contribution >= 4 is 28.0 Å². The Morgan fingerprint density at radius 1 is 0.426 bits per heavy atom. The highest BCUT2D eigenvalue weighted by molar-refractivity contribution is 7.20. The average Bonchev–Trinajstić information content (AvgIpc) is 3.32. The summed E-state index contributed by atoms with van der Waals surface area (Å²) in [4.78, 5) is 4.29. The van der Waals surface area contributed by atoms with Gasteiger partial charge in [-0.2, -0.15) is 4.57 Å². The Morgan fingerprint density at radius 3 is 1.04 bits per heavy atom. The number of rotatable bonds is 9. The average molecular weight is 984 g/mol. The van der Waals surface area contributed by atoms with Crippen LogP contribution in [0.2, 0.25) is 0 Å². The fourth-order valence-corrected chi connectivity index (χ4v) is 7.27. The second-order valence-corrected chi connectivity index (χ2v) is 14.7. The van der Waals surface area contributed by atoms with Gasteiger partial charge in [0.05, 0.1) is 6.20 Å². The van der Waals surface area contributed by atoms with Crippen LogP contribution in [-0.4, -0.2) is 11.1 Å². The van der Waals surface area contributed by atoms with Crippen LogP contribution in [0.3, 0.4) is 0 Å². The molecule has 0 fully saturated rings. The molecule has 0 spiro atoms. The van der Waals surface area contributed by atoms with Crippen molar-refractivity contribution in [2.75, 3.05) is 0 Å². The van der Waals surface area contributed by atoms with Gasteiger partial charge in [0.15, 0.2) is 82.5 Å². The van der Waals surface area contributed by atoms with Gasteiger partial charge in [0.25, 0.3) is 5.88 Å². The monoisotopic (exact) mass is 984 g/mol. The van der Waals surface area contributed by atoms with Crippen LogP contribution in [0.1, 0.15) is 30.9 Å². The number of benzene rings is 6. The molecule has 68 heavy (non-hydrogen) atoms. The predicted molar refractivity (Wildman–Crippen MR) is 200 cm³/mol. The molecule has 1 heterocycles. The van der Waals surface area contributed by atoms with Crippen LogP contribution in [0.25, 0.3) is 0 Å². The van der Waals surface area contributed by atoms with Gasteiger partial charge in [-0.3, -0.25) is 0 Å². The van der Waals surface area contributed by atoms with Crippen LogP contribution >= 0.6 is 0 Å². The predicted octanol–water partition coefficient (Wildman–Crippen LogP) is 10.2. The maximum Gasteiger partial charge on any atom is 0.285 e. The molecule has 7 rings (SSSR count). The SMILES string of the molecule is CC(C)c1ccc(Oc2c[n+](Cc3ccccc3)ccn2)cc1.Fc1c(F)c(F)c([B-](c2c(F)c(F)c(F)c(F)c2F)(c2c(F)c(F)c(F)c(F)c2F)c2c(F)c(F)c(F)c(F)c2F)c(F)c1F. The molecule has 3 nitrogen and oxygen atoms in total. The second kappa shape index (κ2) is 19.2. The zero-order chi connectivity index (χ0) is 50.4. The van der Waals surface area contributed by atoms with Gasteiger partial charge in [-0.25, -0.2) is 92.8 Å². The first-order valence-electron chi connectivity index (χ1n) is 18.8. The fraction of sp³-hybridized carbons (Fsp3) is 0.0909. The summed E-state index contributed by atoms with van der Waals surface area (Å²) < 4.78 is 302. The summed E-state index contributed by atoms with van der Waals surface area (Å²) >= 11 is 0. The Hall–Kier alpha value is -7.14. The van der Waals surface area contributed by atoms with Crippen molar-refractivity contribution in [2.45, 2.75) is 26.3 Å². The van der Waals surface area contributed by atoms with Gasteiger partial charge >= 0.3 is 0 Å². The van der Waals surface area contributed by atoms with E-state index in [-0.39, 0.29) is 0 Å². The van der Waals surface area contributed by atoms with Crippen molar-refractivity contribution in [2.24, 2.45) is 0 Å². The molecule has 6 aromatic carbocycles. The molecule has 0 radical (unpaired) electrons. The lowest BCUT2D eigenvalue weighted by atomic mass is 9.12. The minimum absolute atomic E-state index is 0.520. The molecule has 0 amide bonds. The normalized spacial score (nSPS) is 11.6. The van der Waals surface area contributed by atoms with E-state index in [1.807, 2.05) is 42.7 Å². The first-order valence-corrected chi connectivity index (χ1v) is 18.8. The third-order valence-electron chi connectivity index (χ3n) is 10.4. The van der Waals surface area contributed by atoms with Crippen LogP contribution in [0, 0.1) is 116 Å². The minimum Gasteiger partial charge on any atom is -0.434 e. The van der Waals surface area contributed by atoms with Crippen molar-refractivity contribution in [1.82, 2.24) is 4.98 Å². The molecule has 0 saturated carbocycles. The highest BCUT2D eigenvalue weighted by Gasteiger charge is 2.52. The fourth-order valence-electron chi connectivity index (χ4n) is 7.27. The summed E-state index contributed by atoms with van der Waals surface area (Å²) in [6, 6.07) is 18.5. The largest absolute Gasteiger partial charge is 0.434 e. The van der Waals surface area contributed by atoms with E-state index in [0.29, 0.717) is 11.8 Å². The molecule has 1 aromatic heterocycles. The summed E-state index contributed by atoms with van der Waals surface area (Å²) in [5, 5.41) is 0. The smallest absolute Gasteiger partial charge is 0.285 e. The van der Waals surface area contributed by atoms with E-state index < -0.39 is 144 Å². The molecule has 24 heteroatoms. The highest BCUT2D eigenvalue weighted by Crippen LogP contribution is 2.31. The molecule has 0 bridgehead atoms. The van der Waals surface area contributed by atoms with Crippen molar-refractivity contribution < 1.29 is 97.1 Å². The summed E-state index contributed by atoms with van der Waals surface area (Å²) in [6.07, 6.45) is -1.59. The molecular weight excluding hydrogens is 963 g/mol.